The van der Waals surface area contributed by atoms with Crippen LogP contribution in [-0.4, -0.2) is 16.8 Å². The highest BCUT2D eigenvalue weighted by atomic mass is 32.2. The average Bonchev–Trinajstić information content (AvgIpc) is 3.06. The zero-order chi connectivity index (χ0) is 14.7. The van der Waals surface area contributed by atoms with Crippen molar-refractivity contribution in [2.24, 2.45) is 0 Å². The van der Waals surface area contributed by atoms with E-state index in [-0.39, 0.29) is 11.7 Å². The van der Waals surface area contributed by atoms with Gasteiger partial charge in [0.2, 0.25) is 11.8 Å². The number of benzene rings is 1. The molecule has 0 radical (unpaired) electrons. The number of carbonyl (C=O) groups excluding carboxylic acids is 1. The minimum atomic E-state index is -0.253. The maximum atomic E-state index is 12.8. The third kappa shape index (κ3) is 3.44. The first-order valence-electron chi connectivity index (χ1n) is 6.88. The van der Waals surface area contributed by atoms with Crippen LogP contribution in [0.4, 0.5) is 10.3 Å². The fourth-order valence-corrected chi connectivity index (χ4v) is 3.16. The van der Waals surface area contributed by atoms with E-state index in [0.717, 1.165) is 35.4 Å². The first-order valence-corrected chi connectivity index (χ1v) is 7.86. The Balaban J connectivity index is 1.47. The van der Waals surface area contributed by atoms with Gasteiger partial charge in [0, 0.05) is 22.6 Å². The number of thioether (sulfide) groups is 1. The van der Waals surface area contributed by atoms with Crippen LogP contribution in [-0.2, 0) is 17.6 Å². The van der Waals surface area contributed by atoms with Crippen molar-refractivity contribution in [3.05, 3.63) is 41.3 Å². The van der Waals surface area contributed by atoms with Gasteiger partial charge >= 0.3 is 0 Å². The predicted molar refractivity (Wildman–Crippen MR) is 78.9 cm³/mol. The van der Waals surface area contributed by atoms with Gasteiger partial charge in [0.1, 0.15) is 5.82 Å². The summed E-state index contributed by atoms with van der Waals surface area (Å²) < 4.78 is 17.9. The van der Waals surface area contributed by atoms with E-state index in [2.05, 4.69) is 10.5 Å². The molecule has 21 heavy (non-hydrogen) atoms. The number of amides is 1. The summed E-state index contributed by atoms with van der Waals surface area (Å²) in [6.45, 7) is 0. The van der Waals surface area contributed by atoms with Gasteiger partial charge < -0.3 is 4.52 Å². The number of hydrogen-bond donors (Lipinski definition) is 1. The van der Waals surface area contributed by atoms with E-state index < -0.39 is 0 Å². The van der Waals surface area contributed by atoms with Crippen molar-refractivity contribution in [1.82, 2.24) is 5.16 Å². The molecule has 0 fully saturated rings. The molecule has 0 bridgehead atoms. The summed E-state index contributed by atoms with van der Waals surface area (Å²) in [6.07, 6.45) is 3.28. The fraction of sp³-hybridized carbons (Fsp3) is 0.333. The van der Waals surface area contributed by atoms with E-state index >= 15 is 0 Å². The Morgan fingerprint density at radius 1 is 1.33 bits per heavy atom. The van der Waals surface area contributed by atoms with E-state index in [1.54, 1.807) is 12.1 Å². The highest BCUT2D eigenvalue weighted by Crippen LogP contribution is 2.28. The van der Waals surface area contributed by atoms with Crippen molar-refractivity contribution in [3.63, 3.8) is 0 Å². The molecule has 1 heterocycles. The SMILES string of the molecule is O=C(CCSc1ccc(F)cc1)Nc1onc2c1CCC2. The second-order valence-electron chi connectivity index (χ2n) is 4.89. The topological polar surface area (TPSA) is 55.1 Å². The zero-order valence-electron chi connectivity index (χ0n) is 11.4. The van der Waals surface area contributed by atoms with Crippen LogP contribution in [0.1, 0.15) is 24.1 Å². The number of carbonyl (C=O) groups is 1. The van der Waals surface area contributed by atoms with Crippen LogP contribution in [0.2, 0.25) is 0 Å². The molecule has 1 N–H and O–H groups in total. The van der Waals surface area contributed by atoms with E-state index in [4.69, 9.17) is 4.52 Å². The second kappa shape index (κ2) is 6.30. The highest BCUT2D eigenvalue weighted by molar-refractivity contribution is 7.99. The Morgan fingerprint density at radius 3 is 2.95 bits per heavy atom. The molecule has 0 saturated heterocycles. The average molecular weight is 306 g/mol. The number of nitrogens with zero attached hydrogens (tertiary/aromatic N) is 1. The number of anilines is 1. The number of rotatable bonds is 5. The minimum Gasteiger partial charge on any atom is -0.338 e. The van der Waals surface area contributed by atoms with Gasteiger partial charge in [-0.1, -0.05) is 5.16 Å². The van der Waals surface area contributed by atoms with Crippen molar-refractivity contribution < 1.29 is 13.7 Å². The Kier molecular flexibility index (Phi) is 4.24. The van der Waals surface area contributed by atoms with Crippen LogP contribution >= 0.6 is 11.8 Å². The van der Waals surface area contributed by atoms with Crippen LogP contribution in [0, 0.1) is 5.82 Å². The van der Waals surface area contributed by atoms with Gasteiger partial charge in [-0.25, -0.2) is 4.39 Å². The van der Waals surface area contributed by atoms with E-state index in [1.807, 2.05) is 0 Å². The lowest BCUT2D eigenvalue weighted by molar-refractivity contribution is -0.115. The highest BCUT2D eigenvalue weighted by Gasteiger charge is 2.21. The largest absolute Gasteiger partial charge is 0.338 e. The van der Waals surface area contributed by atoms with Gasteiger partial charge in [-0.3, -0.25) is 10.1 Å². The van der Waals surface area contributed by atoms with Gasteiger partial charge in [0.15, 0.2) is 0 Å². The first-order chi connectivity index (χ1) is 10.2. The molecule has 0 spiro atoms. The molecule has 0 aliphatic heterocycles. The van der Waals surface area contributed by atoms with Crippen molar-refractivity contribution in [2.45, 2.75) is 30.6 Å². The number of aryl methyl sites for hydroxylation is 1. The monoisotopic (exact) mass is 306 g/mol. The summed E-state index contributed by atoms with van der Waals surface area (Å²) in [5, 5.41) is 6.73. The van der Waals surface area contributed by atoms with Crippen molar-refractivity contribution in [2.75, 3.05) is 11.1 Å². The lowest BCUT2D eigenvalue weighted by atomic mass is 10.2. The Bertz CT molecular complexity index is 640. The number of aromatic nitrogens is 1. The summed E-state index contributed by atoms with van der Waals surface area (Å²) in [5.74, 6) is 0.791. The maximum Gasteiger partial charge on any atom is 0.234 e. The van der Waals surface area contributed by atoms with Crippen LogP contribution < -0.4 is 5.32 Å². The molecule has 1 aliphatic carbocycles. The molecule has 0 saturated carbocycles. The molecule has 3 rings (SSSR count). The van der Waals surface area contributed by atoms with Crippen LogP contribution in [0.15, 0.2) is 33.7 Å². The molecular weight excluding hydrogens is 291 g/mol. The van der Waals surface area contributed by atoms with E-state index in [0.29, 0.717) is 18.1 Å². The maximum absolute atomic E-state index is 12.8. The molecule has 110 valence electrons. The molecule has 6 heteroatoms. The van der Waals surface area contributed by atoms with Crippen LogP contribution in [0.25, 0.3) is 0 Å². The van der Waals surface area contributed by atoms with Crippen molar-refractivity contribution in [3.8, 4) is 0 Å². The van der Waals surface area contributed by atoms with Gasteiger partial charge in [-0.15, -0.1) is 11.8 Å². The summed E-state index contributed by atoms with van der Waals surface area (Å²) in [7, 11) is 0. The Morgan fingerprint density at radius 2 is 2.14 bits per heavy atom. The molecular formula is C15H15FN2O2S. The molecule has 0 atom stereocenters. The minimum absolute atomic E-state index is 0.0875. The third-order valence-corrected chi connectivity index (χ3v) is 4.39. The zero-order valence-corrected chi connectivity index (χ0v) is 12.2. The lowest BCUT2D eigenvalue weighted by Crippen LogP contribution is -2.12. The molecule has 1 aromatic heterocycles. The number of halogens is 1. The normalized spacial score (nSPS) is 13.2. The smallest absolute Gasteiger partial charge is 0.234 e. The predicted octanol–water partition coefficient (Wildman–Crippen LogP) is 3.42. The van der Waals surface area contributed by atoms with E-state index in [9.17, 15) is 9.18 Å². The van der Waals surface area contributed by atoms with Crippen molar-refractivity contribution in [1.29, 1.82) is 0 Å². The fourth-order valence-electron chi connectivity index (χ4n) is 2.31. The summed E-state index contributed by atoms with van der Waals surface area (Å²) >= 11 is 1.52. The lowest BCUT2D eigenvalue weighted by Gasteiger charge is -2.03. The van der Waals surface area contributed by atoms with Crippen LogP contribution in [0.3, 0.4) is 0 Å². The van der Waals surface area contributed by atoms with Gasteiger partial charge in [-0.05, 0) is 43.5 Å². The molecule has 0 unspecified atom stereocenters. The molecule has 1 aromatic carbocycles. The number of hydrogen-bond acceptors (Lipinski definition) is 4. The standard InChI is InChI=1S/C15H15FN2O2S/c16-10-4-6-11(7-5-10)21-9-8-14(19)17-15-12-2-1-3-13(12)18-20-15/h4-7H,1-3,8-9H2,(H,17,19). The third-order valence-electron chi connectivity index (χ3n) is 3.37. The van der Waals surface area contributed by atoms with Crippen molar-refractivity contribution >= 4 is 23.6 Å². The molecule has 1 aliphatic rings. The number of nitrogens with one attached hydrogen (secondary N) is 1. The van der Waals surface area contributed by atoms with Gasteiger partial charge in [0.05, 0.1) is 5.69 Å². The summed E-state index contributed by atoms with van der Waals surface area (Å²) in [5.41, 5.74) is 2.00. The van der Waals surface area contributed by atoms with E-state index in [1.165, 1.54) is 23.9 Å². The molecule has 1 amide bonds. The molecule has 2 aromatic rings. The second-order valence-corrected chi connectivity index (χ2v) is 6.06. The van der Waals surface area contributed by atoms with Crippen LogP contribution in [0.5, 0.6) is 0 Å². The first kappa shape index (κ1) is 14.1. The summed E-state index contributed by atoms with van der Waals surface area (Å²) in [6, 6.07) is 6.25. The van der Waals surface area contributed by atoms with Gasteiger partial charge in [0.25, 0.3) is 0 Å². The Hall–Kier alpha value is -1.82. The summed E-state index contributed by atoms with van der Waals surface area (Å²) in [4.78, 5) is 12.8. The molecule has 4 nitrogen and oxygen atoms in total. The quantitative estimate of drug-likeness (QED) is 0.860. The van der Waals surface area contributed by atoms with Gasteiger partial charge in [-0.2, -0.15) is 0 Å². The Labute approximate surface area is 126 Å². The number of fused-ring (bicyclic) bond motifs is 1.